The number of aromatic nitrogens is 3. The van der Waals surface area contributed by atoms with Crippen LogP contribution in [0.5, 0.6) is 0 Å². The standard InChI is InChI=1S/C26H24F4N6O2/c1-17(11-18-3-2-4-20(13-18)26(28,29)30)12-23(37)19-5-6-21(31-14-19)15-33-35-25-32-16-22(27)24(34-25)36-7-9-38-10-8-36/h2-6,11,13-16H,7-10,12H2,1H3,(H,32,34,35)/b17-11+,33-15+. The number of nitrogens with one attached hydrogen (secondary N) is 1. The number of rotatable bonds is 8. The Morgan fingerprint density at radius 3 is 2.66 bits per heavy atom. The molecule has 0 saturated carbocycles. The Bertz CT molecular complexity index is 1340. The van der Waals surface area contributed by atoms with Gasteiger partial charge in [0.2, 0.25) is 5.95 Å². The number of pyridine rings is 1. The van der Waals surface area contributed by atoms with Crippen LogP contribution in [0.1, 0.15) is 40.5 Å². The molecule has 1 aromatic carbocycles. The highest BCUT2D eigenvalue weighted by Gasteiger charge is 2.30. The van der Waals surface area contributed by atoms with Gasteiger partial charge >= 0.3 is 6.18 Å². The predicted molar refractivity (Wildman–Crippen MR) is 135 cm³/mol. The molecule has 2 aromatic heterocycles. The molecular formula is C26H24F4N6O2. The van der Waals surface area contributed by atoms with E-state index in [0.29, 0.717) is 48.7 Å². The molecule has 0 bridgehead atoms. The van der Waals surface area contributed by atoms with Crippen molar-refractivity contribution in [1.82, 2.24) is 15.0 Å². The summed E-state index contributed by atoms with van der Waals surface area (Å²) in [5.74, 6) is -0.489. The average molecular weight is 529 g/mol. The lowest BCUT2D eigenvalue weighted by atomic mass is 10.0. The van der Waals surface area contributed by atoms with E-state index in [2.05, 4.69) is 25.5 Å². The van der Waals surface area contributed by atoms with Crippen LogP contribution in [0.4, 0.5) is 29.3 Å². The minimum Gasteiger partial charge on any atom is -0.378 e. The van der Waals surface area contributed by atoms with Crippen molar-refractivity contribution in [3.63, 3.8) is 0 Å². The number of anilines is 2. The van der Waals surface area contributed by atoms with E-state index >= 15 is 0 Å². The van der Waals surface area contributed by atoms with Crippen molar-refractivity contribution in [2.75, 3.05) is 36.6 Å². The molecule has 1 aliphatic rings. The highest BCUT2D eigenvalue weighted by molar-refractivity contribution is 5.98. The molecule has 3 aromatic rings. The van der Waals surface area contributed by atoms with Gasteiger partial charge in [-0.2, -0.15) is 23.3 Å². The molecule has 12 heteroatoms. The van der Waals surface area contributed by atoms with Crippen LogP contribution < -0.4 is 10.3 Å². The Morgan fingerprint density at radius 2 is 1.95 bits per heavy atom. The van der Waals surface area contributed by atoms with Crippen LogP contribution in [-0.2, 0) is 10.9 Å². The number of morpholine rings is 1. The minimum atomic E-state index is -4.43. The van der Waals surface area contributed by atoms with Gasteiger partial charge in [-0.3, -0.25) is 9.78 Å². The molecule has 1 N–H and O–H groups in total. The van der Waals surface area contributed by atoms with Crippen molar-refractivity contribution in [3.8, 4) is 0 Å². The summed E-state index contributed by atoms with van der Waals surface area (Å²) >= 11 is 0. The topological polar surface area (TPSA) is 92.6 Å². The largest absolute Gasteiger partial charge is 0.416 e. The molecule has 0 aliphatic carbocycles. The van der Waals surface area contributed by atoms with E-state index in [0.717, 1.165) is 18.3 Å². The Kier molecular flexibility index (Phi) is 8.41. The lowest BCUT2D eigenvalue weighted by Gasteiger charge is -2.27. The first-order valence-electron chi connectivity index (χ1n) is 11.7. The number of ketones is 1. The van der Waals surface area contributed by atoms with Crippen LogP contribution in [0, 0.1) is 5.82 Å². The Hall–Kier alpha value is -4.19. The van der Waals surface area contributed by atoms with Crippen molar-refractivity contribution < 1.29 is 27.1 Å². The number of carbonyl (C=O) groups excluding carboxylic acids is 1. The maximum atomic E-state index is 14.1. The lowest BCUT2D eigenvalue weighted by Crippen LogP contribution is -2.37. The number of hydrazone groups is 1. The highest BCUT2D eigenvalue weighted by atomic mass is 19.4. The summed E-state index contributed by atoms with van der Waals surface area (Å²) in [6.07, 6.45) is 1.01. The number of benzene rings is 1. The van der Waals surface area contributed by atoms with Crippen LogP contribution in [0.15, 0.2) is 59.5 Å². The minimum absolute atomic E-state index is 0.0281. The van der Waals surface area contributed by atoms with E-state index in [1.54, 1.807) is 36.1 Å². The SMILES string of the molecule is C/C(=C\c1cccc(C(F)(F)F)c1)CC(=O)c1ccc(/C=N/Nc2ncc(F)c(N3CCOCC3)n2)nc1. The Morgan fingerprint density at radius 1 is 1.16 bits per heavy atom. The molecule has 4 rings (SSSR count). The lowest BCUT2D eigenvalue weighted by molar-refractivity contribution is -0.137. The molecule has 0 atom stereocenters. The highest BCUT2D eigenvalue weighted by Crippen LogP contribution is 2.30. The number of hydrogen-bond donors (Lipinski definition) is 1. The van der Waals surface area contributed by atoms with Crippen molar-refractivity contribution in [1.29, 1.82) is 0 Å². The maximum absolute atomic E-state index is 14.1. The first-order chi connectivity index (χ1) is 18.2. The fourth-order valence-electron chi connectivity index (χ4n) is 3.71. The van der Waals surface area contributed by atoms with E-state index in [-0.39, 0.29) is 24.0 Å². The third-order valence-corrected chi connectivity index (χ3v) is 5.57. The van der Waals surface area contributed by atoms with Gasteiger partial charge in [0, 0.05) is 31.3 Å². The van der Waals surface area contributed by atoms with Crippen LogP contribution in [0.3, 0.4) is 0 Å². The zero-order chi connectivity index (χ0) is 27.1. The molecule has 0 unspecified atom stereocenters. The van der Waals surface area contributed by atoms with Gasteiger partial charge in [-0.1, -0.05) is 23.8 Å². The molecule has 3 heterocycles. The van der Waals surface area contributed by atoms with Gasteiger partial charge in [-0.15, -0.1) is 0 Å². The maximum Gasteiger partial charge on any atom is 0.416 e. The fraction of sp³-hybridized carbons (Fsp3) is 0.269. The number of ether oxygens (including phenoxy) is 1. The van der Waals surface area contributed by atoms with Crippen molar-refractivity contribution in [2.45, 2.75) is 19.5 Å². The summed E-state index contributed by atoms with van der Waals surface area (Å²) < 4.78 is 58.2. The van der Waals surface area contributed by atoms with E-state index < -0.39 is 17.6 Å². The summed E-state index contributed by atoms with van der Waals surface area (Å²) in [7, 11) is 0. The summed E-state index contributed by atoms with van der Waals surface area (Å²) in [5.41, 5.74) is 3.66. The number of nitrogens with zero attached hydrogens (tertiary/aromatic N) is 5. The van der Waals surface area contributed by atoms with Crippen LogP contribution in [0.25, 0.3) is 6.08 Å². The van der Waals surface area contributed by atoms with Gasteiger partial charge in [0.15, 0.2) is 17.4 Å². The smallest absolute Gasteiger partial charge is 0.378 e. The third-order valence-electron chi connectivity index (χ3n) is 5.57. The molecule has 1 aliphatic heterocycles. The number of alkyl halides is 3. The van der Waals surface area contributed by atoms with Gasteiger partial charge in [0.1, 0.15) is 0 Å². The quantitative estimate of drug-likeness (QED) is 0.191. The van der Waals surface area contributed by atoms with Crippen LogP contribution in [0.2, 0.25) is 0 Å². The van der Waals surface area contributed by atoms with E-state index in [9.17, 15) is 22.4 Å². The van der Waals surface area contributed by atoms with Crippen LogP contribution >= 0.6 is 0 Å². The molecule has 8 nitrogen and oxygen atoms in total. The number of carbonyl (C=O) groups is 1. The van der Waals surface area contributed by atoms with Gasteiger partial charge in [-0.05, 0) is 36.8 Å². The molecule has 0 spiro atoms. The second-order valence-corrected chi connectivity index (χ2v) is 8.52. The Balaban J connectivity index is 1.34. The molecule has 1 fully saturated rings. The predicted octanol–water partition coefficient (Wildman–Crippen LogP) is 4.99. The first-order valence-corrected chi connectivity index (χ1v) is 11.7. The zero-order valence-electron chi connectivity index (χ0n) is 20.4. The van der Waals surface area contributed by atoms with Gasteiger partial charge in [-0.25, -0.2) is 14.8 Å². The van der Waals surface area contributed by atoms with E-state index in [1.807, 2.05) is 0 Å². The molecule has 38 heavy (non-hydrogen) atoms. The normalized spacial score (nSPS) is 14.7. The fourth-order valence-corrected chi connectivity index (χ4v) is 3.71. The van der Waals surface area contributed by atoms with Gasteiger partial charge < -0.3 is 9.64 Å². The third kappa shape index (κ3) is 7.19. The van der Waals surface area contributed by atoms with Gasteiger partial charge in [0.25, 0.3) is 0 Å². The van der Waals surface area contributed by atoms with Crippen molar-refractivity contribution in [2.24, 2.45) is 5.10 Å². The van der Waals surface area contributed by atoms with Crippen molar-refractivity contribution >= 4 is 29.8 Å². The molecule has 0 radical (unpaired) electrons. The van der Waals surface area contributed by atoms with Crippen molar-refractivity contribution in [3.05, 3.63) is 82.6 Å². The summed E-state index contributed by atoms with van der Waals surface area (Å²) in [5, 5.41) is 4.02. The molecule has 0 amide bonds. The number of hydrogen-bond acceptors (Lipinski definition) is 8. The molecular weight excluding hydrogens is 504 g/mol. The second-order valence-electron chi connectivity index (χ2n) is 8.52. The first kappa shape index (κ1) is 26.9. The molecule has 1 saturated heterocycles. The second kappa shape index (κ2) is 11.9. The van der Waals surface area contributed by atoms with Crippen LogP contribution in [-0.4, -0.2) is 53.3 Å². The Labute approximate surface area is 216 Å². The summed E-state index contributed by atoms with van der Waals surface area (Å²) in [6, 6.07) is 8.09. The average Bonchev–Trinajstić information content (AvgIpc) is 2.90. The summed E-state index contributed by atoms with van der Waals surface area (Å²) in [4.78, 5) is 26.6. The number of Topliss-reactive ketones (excluding diaryl/α,β-unsaturated/α-hetero) is 1. The molecule has 198 valence electrons. The van der Waals surface area contributed by atoms with Gasteiger partial charge in [0.05, 0.1) is 36.9 Å². The van der Waals surface area contributed by atoms with E-state index in [4.69, 9.17) is 4.74 Å². The number of halogens is 4. The summed E-state index contributed by atoms with van der Waals surface area (Å²) in [6.45, 7) is 3.69. The number of allylic oxidation sites excluding steroid dienone is 1. The monoisotopic (exact) mass is 528 g/mol. The van der Waals surface area contributed by atoms with E-state index in [1.165, 1.54) is 18.5 Å². The zero-order valence-corrected chi connectivity index (χ0v) is 20.4.